The molecular formula is C29H28N8O3. The van der Waals surface area contributed by atoms with Crippen LogP contribution in [-0.2, 0) is 22.6 Å². The maximum Gasteiger partial charge on any atom is 0.407 e. The van der Waals surface area contributed by atoms with E-state index in [9.17, 15) is 9.59 Å². The van der Waals surface area contributed by atoms with Crippen LogP contribution in [0, 0.1) is 0 Å². The third kappa shape index (κ3) is 5.73. The lowest BCUT2D eigenvalue weighted by Crippen LogP contribution is -2.31. The summed E-state index contributed by atoms with van der Waals surface area (Å²) in [6.45, 7) is 6.25. The summed E-state index contributed by atoms with van der Waals surface area (Å²) < 4.78 is 7.19. The van der Waals surface area contributed by atoms with Crippen LogP contribution < -0.4 is 16.4 Å². The molecule has 11 heteroatoms. The molecule has 0 unspecified atom stereocenters. The number of nitrogen functional groups attached to an aromatic ring is 1. The number of nitrogens with zero attached hydrogens (tertiary/aromatic N) is 5. The second kappa shape index (κ2) is 11.6. The highest BCUT2D eigenvalue weighted by Gasteiger charge is 2.19. The number of pyridine rings is 1. The number of amides is 2. The lowest BCUT2D eigenvalue weighted by molar-refractivity contribution is -0.117. The average Bonchev–Trinajstić information content (AvgIpc) is 3.35. The zero-order valence-electron chi connectivity index (χ0n) is 21.9. The lowest BCUT2D eigenvalue weighted by Gasteiger charge is -2.12. The number of carbonyl (C=O) groups is 2. The minimum atomic E-state index is -0.564. The monoisotopic (exact) mass is 536 g/mol. The molecule has 2 amide bonds. The zero-order valence-corrected chi connectivity index (χ0v) is 21.9. The van der Waals surface area contributed by atoms with Crippen molar-refractivity contribution in [2.75, 3.05) is 18.9 Å². The Balaban J connectivity index is 1.33. The molecule has 0 saturated heterocycles. The predicted molar refractivity (Wildman–Crippen MR) is 152 cm³/mol. The summed E-state index contributed by atoms with van der Waals surface area (Å²) in [6, 6.07) is 17.5. The molecule has 202 valence electrons. The number of hydrogen-bond acceptors (Lipinski definition) is 8. The Morgan fingerprint density at radius 1 is 1.02 bits per heavy atom. The molecule has 3 aromatic heterocycles. The van der Waals surface area contributed by atoms with Crippen molar-refractivity contribution in [3.8, 4) is 11.5 Å². The van der Waals surface area contributed by atoms with Gasteiger partial charge in [0.15, 0.2) is 11.6 Å². The number of rotatable bonds is 9. The molecule has 0 aliphatic rings. The minimum absolute atomic E-state index is 0.0615. The van der Waals surface area contributed by atoms with Gasteiger partial charge < -0.3 is 25.7 Å². The van der Waals surface area contributed by atoms with Crippen LogP contribution in [0.3, 0.4) is 0 Å². The first-order chi connectivity index (χ1) is 19.4. The molecule has 0 aliphatic carbocycles. The first kappa shape index (κ1) is 26.3. The van der Waals surface area contributed by atoms with Crippen molar-refractivity contribution in [1.82, 2.24) is 35.1 Å². The fraction of sp³-hybridized carbons (Fsp3) is 0.172. The van der Waals surface area contributed by atoms with Gasteiger partial charge in [0.1, 0.15) is 24.1 Å². The number of carbonyl (C=O) groups excluding carboxylic acids is 2. The Labute approximate surface area is 230 Å². The maximum absolute atomic E-state index is 12.0. The van der Waals surface area contributed by atoms with Gasteiger partial charge in [0.05, 0.1) is 17.6 Å². The van der Waals surface area contributed by atoms with Crippen molar-refractivity contribution < 1.29 is 14.3 Å². The number of nitrogens with two attached hydrogens (primary N) is 1. The van der Waals surface area contributed by atoms with E-state index in [-0.39, 0.29) is 19.1 Å². The van der Waals surface area contributed by atoms with Crippen molar-refractivity contribution in [3.63, 3.8) is 0 Å². The van der Waals surface area contributed by atoms with Gasteiger partial charge in [-0.05, 0) is 30.2 Å². The predicted octanol–water partition coefficient (Wildman–Crippen LogP) is 3.59. The molecule has 0 fully saturated rings. The van der Waals surface area contributed by atoms with Crippen LogP contribution in [0.1, 0.15) is 18.1 Å². The van der Waals surface area contributed by atoms with E-state index in [0.29, 0.717) is 41.5 Å². The second-order valence-corrected chi connectivity index (χ2v) is 9.17. The van der Waals surface area contributed by atoms with Crippen LogP contribution in [-0.4, -0.2) is 49.7 Å². The largest absolute Gasteiger partial charge is 0.448 e. The highest BCUT2D eigenvalue weighted by atomic mass is 16.5. The number of para-hydroxylation sites is 1. The van der Waals surface area contributed by atoms with Gasteiger partial charge in [-0.15, -0.1) is 0 Å². The molecular weight excluding hydrogens is 508 g/mol. The topological polar surface area (TPSA) is 150 Å². The summed E-state index contributed by atoms with van der Waals surface area (Å²) >= 11 is 0. The minimum Gasteiger partial charge on any atom is -0.448 e. The van der Waals surface area contributed by atoms with Crippen LogP contribution in [0.15, 0.2) is 79.3 Å². The molecule has 3 heterocycles. The van der Waals surface area contributed by atoms with Crippen molar-refractivity contribution in [3.05, 3.63) is 90.4 Å². The van der Waals surface area contributed by atoms with Gasteiger partial charge in [0.2, 0.25) is 5.91 Å². The highest BCUT2D eigenvalue weighted by Crippen LogP contribution is 2.32. The second-order valence-electron chi connectivity index (χ2n) is 9.17. The number of anilines is 1. The molecule has 40 heavy (non-hydrogen) atoms. The van der Waals surface area contributed by atoms with Crippen molar-refractivity contribution >= 4 is 39.8 Å². The molecule has 0 spiro atoms. The van der Waals surface area contributed by atoms with Crippen LogP contribution in [0.5, 0.6) is 0 Å². The van der Waals surface area contributed by atoms with Crippen LogP contribution in [0.2, 0.25) is 0 Å². The number of aromatic nitrogens is 5. The number of ether oxygens (including phenoxy) is 1. The summed E-state index contributed by atoms with van der Waals surface area (Å²) in [4.78, 5) is 41.3. The van der Waals surface area contributed by atoms with Crippen LogP contribution >= 0.6 is 0 Å². The molecule has 4 N–H and O–H groups in total. The molecule has 11 nitrogen and oxygen atoms in total. The Bertz CT molecular complexity index is 1700. The van der Waals surface area contributed by atoms with Crippen LogP contribution in [0.4, 0.5) is 10.6 Å². The van der Waals surface area contributed by atoms with Gasteiger partial charge in [-0.2, -0.15) is 0 Å². The molecule has 5 rings (SSSR count). The molecule has 0 bridgehead atoms. The number of nitrogens with one attached hydrogen (secondary N) is 2. The van der Waals surface area contributed by atoms with Gasteiger partial charge in [-0.1, -0.05) is 49.0 Å². The van der Waals surface area contributed by atoms with E-state index in [0.717, 1.165) is 27.5 Å². The van der Waals surface area contributed by atoms with Crippen molar-refractivity contribution in [2.24, 2.45) is 0 Å². The van der Waals surface area contributed by atoms with Crippen LogP contribution in [0.25, 0.3) is 33.5 Å². The Kier molecular flexibility index (Phi) is 7.63. The van der Waals surface area contributed by atoms with E-state index in [1.807, 2.05) is 54.6 Å². The quantitative estimate of drug-likeness (QED) is 0.191. The fourth-order valence-electron chi connectivity index (χ4n) is 4.26. The molecule has 5 aromatic rings. The van der Waals surface area contributed by atoms with Gasteiger partial charge in [-0.3, -0.25) is 4.79 Å². The first-order valence-corrected chi connectivity index (χ1v) is 12.6. The van der Waals surface area contributed by atoms with E-state index < -0.39 is 6.09 Å². The standard InChI is InChI=1S/C29H28N8O3/c1-18(2)28(38)32-13-14-40-29(39)33-15-19-7-9-20(10-8-19)16-37-25-21-5-3-4-6-22(21)35-26(30)24(25)36-27(37)23-11-12-31-17-34-23/h3-12,17H,1,13-16H2,2H3,(H2,30,35)(H,32,38)(H,33,39). The van der Waals surface area contributed by atoms with Gasteiger partial charge in [0.25, 0.3) is 0 Å². The summed E-state index contributed by atoms with van der Waals surface area (Å²) in [5.74, 6) is 0.745. The van der Waals surface area contributed by atoms with E-state index in [2.05, 4.69) is 36.7 Å². The first-order valence-electron chi connectivity index (χ1n) is 12.6. The summed E-state index contributed by atoms with van der Waals surface area (Å²) in [5.41, 5.74) is 11.6. The average molecular weight is 537 g/mol. The molecule has 0 saturated carbocycles. The van der Waals surface area contributed by atoms with Gasteiger partial charge in [-0.25, -0.2) is 24.7 Å². The Morgan fingerprint density at radius 3 is 2.55 bits per heavy atom. The number of alkyl carbamates (subject to hydrolysis) is 1. The van der Waals surface area contributed by atoms with E-state index in [1.54, 1.807) is 13.1 Å². The smallest absolute Gasteiger partial charge is 0.407 e. The number of fused-ring (bicyclic) bond motifs is 3. The SMILES string of the molecule is C=C(C)C(=O)NCCOC(=O)NCc1ccc(Cn2c(-c3ccncn3)nc3c(N)nc4ccccc4c32)cc1. The van der Waals surface area contributed by atoms with Crippen molar-refractivity contribution in [2.45, 2.75) is 20.0 Å². The molecule has 2 aromatic carbocycles. The fourth-order valence-corrected chi connectivity index (χ4v) is 4.26. The van der Waals surface area contributed by atoms with E-state index >= 15 is 0 Å². The van der Waals surface area contributed by atoms with Gasteiger partial charge >= 0.3 is 6.09 Å². The van der Waals surface area contributed by atoms with Crippen molar-refractivity contribution in [1.29, 1.82) is 0 Å². The Hall–Kier alpha value is -5.32. The molecule has 0 aliphatic heterocycles. The number of hydrogen-bond donors (Lipinski definition) is 3. The lowest BCUT2D eigenvalue weighted by atomic mass is 10.1. The zero-order chi connectivity index (χ0) is 28.1. The summed E-state index contributed by atoms with van der Waals surface area (Å²) in [7, 11) is 0. The third-order valence-electron chi connectivity index (χ3n) is 6.23. The highest BCUT2D eigenvalue weighted by molar-refractivity contribution is 6.07. The molecule has 0 atom stereocenters. The van der Waals surface area contributed by atoms with E-state index in [1.165, 1.54) is 6.33 Å². The Morgan fingerprint density at radius 2 is 1.80 bits per heavy atom. The number of imidazole rings is 1. The van der Waals surface area contributed by atoms with Gasteiger partial charge in [0, 0.05) is 30.2 Å². The third-order valence-corrected chi connectivity index (χ3v) is 6.23. The normalized spacial score (nSPS) is 10.9. The maximum atomic E-state index is 12.0. The number of benzene rings is 2. The van der Waals surface area contributed by atoms with E-state index in [4.69, 9.17) is 15.5 Å². The summed E-state index contributed by atoms with van der Waals surface area (Å²) in [5, 5.41) is 6.26. The summed E-state index contributed by atoms with van der Waals surface area (Å²) in [6.07, 6.45) is 2.60. The molecule has 0 radical (unpaired) electrons.